The van der Waals surface area contributed by atoms with Crippen LogP contribution in [-0.4, -0.2) is 25.6 Å². The highest BCUT2D eigenvalue weighted by Crippen LogP contribution is 2.23. The monoisotopic (exact) mass is 333 g/mol. The fourth-order valence-corrected chi connectivity index (χ4v) is 3.05. The zero-order valence-corrected chi connectivity index (χ0v) is 14.2. The number of benzene rings is 1. The summed E-state index contributed by atoms with van der Waals surface area (Å²) >= 11 is 1.41. The van der Waals surface area contributed by atoms with Crippen molar-refractivity contribution in [1.82, 2.24) is 0 Å². The van der Waals surface area contributed by atoms with Crippen LogP contribution in [0.2, 0.25) is 0 Å². The maximum atomic E-state index is 12.0. The minimum atomic E-state index is -0.470. The summed E-state index contributed by atoms with van der Waals surface area (Å²) in [6.45, 7) is 3.68. The Labute approximate surface area is 139 Å². The minimum absolute atomic E-state index is 0.316. The standard InChI is InChI=1S/C17H19NO4S/c1-4-14-11(2)9-15(23-14)17(20)22-10-16(19)18-12-5-7-13(21-3)8-6-12/h5-9H,4,10H2,1-3H3,(H,18,19). The Morgan fingerprint density at radius 2 is 1.91 bits per heavy atom. The molecule has 1 heterocycles. The highest BCUT2D eigenvalue weighted by molar-refractivity contribution is 7.14. The summed E-state index contributed by atoms with van der Waals surface area (Å²) in [6, 6.07) is 8.71. The van der Waals surface area contributed by atoms with Gasteiger partial charge in [-0.15, -0.1) is 11.3 Å². The van der Waals surface area contributed by atoms with Crippen molar-refractivity contribution < 1.29 is 19.1 Å². The molecular weight excluding hydrogens is 314 g/mol. The van der Waals surface area contributed by atoms with Crippen LogP contribution in [0.25, 0.3) is 0 Å². The summed E-state index contributed by atoms with van der Waals surface area (Å²) in [7, 11) is 1.57. The highest BCUT2D eigenvalue weighted by atomic mass is 32.1. The van der Waals surface area contributed by atoms with E-state index in [-0.39, 0.29) is 12.5 Å². The van der Waals surface area contributed by atoms with Gasteiger partial charge >= 0.3 is 5.97 Å². The van der Waals surface area contributed by atoms with Gasteiger partial charge in [-0.1, -0.05) is 6.92 Å². The molecule has 1 amide bonds. The van der Waals surface area contributed by atoms with E-state index in [0.717, 1.165) is 16.9 Å². The van der Waals surface area contributed by atoms with Gasteiger partial charge < -0.3 is 14.8 Å². The predicted molar refractivity (Wildman–Crippen MR) is 90.3 cm³/mol. The number of carbonyl (C=O) groups excluding carboxylic acids is 2. The second kappa shape index (κ2) is 7.78. The Bertz CT molecular complexity index is 691. The molecule has 0 saturated heterocycles. The van der Waals surface area contributed by atoms with Crippen LogP contribution in [0.3, 0.4) is 0 Å². The van der Waals surface area contributed by atoms with Crippen LogP contribution >= 0.6 is 11.3 Å². The molecule has 0 unspecified atom stereocenters. The average molecular weight is 333 g/mol. The fourth-order valence-electron chi connectivity index (χ4n) is 2.05. The molecule has 2 aromatic rings. The van der Waals surface area contributed by atoms with Gasteiger partial charge in [-0.25, -0.2) is 4.79 Å². The molecule has 0 saturated carbocycles. The van der Waals surface area contributed by atoms with Crippen LogP contribution < -0.4 is 10.1 Å². The molecule has 0 bridgehead atoms. The second-order valence-corrected chi connectivity index (χ2v) is 6.06. The quantitative estimate of drug-likeness (QED) is 0.823. The molecule has 1 N–H and O–H groups in total. The van der Waals surface area contributed by atoms with E-state index in [0.29, 0.717) is 16.3 Å². The fraction of sp³-hybridized carbons (Fsp3) is 0.294. The zero-order chi connectivity index (χ0) is 16.8. The van der Waals surface area contributed by atoms with E-state index in [1.807, 2.05) is 13.8 Å². The molecule has 23 heavy (non-hydrogen) atoms. The van der Waals surface area contributed by atoms with Gasteiger partial charge in [-0.2, -0.15) is 0 Å². The van der Waals surface area contributed by atoms with Gasteiger partial charge in [0.1, 0.15) is 10.6 Å². The number of ether oxygens (including phenoxy) is 2. The molecule has 0 spiro atoms. The summed E-state index contributed by atoms with van der Waals surface area (Å²) in [4.78, 5) is 25.5. The molecule has 122 valence electrons. The lowest BCUT2D eigenvalue weighted by atomic mass is 10.2. The number of anilines is 1. The van der Waals surface area contributed by atoms with Crippen LogP contribution in [0.5, 0.6) is 5.75 Å². The number of methoxy groups -OCH3 is 1. The first kappa shape index (κ1) is 17.0. The third kappa shape index (κ3) is 4.56. The predicted octanol–water partition coefficient (Wildman–Crippen LogP) is 3.42. The Hall–Kier alpha value is -2.34. The molecule has 2 rings (SSSR count). The summed E-state index contributed by atoms with van der Waals surface area (Å²) in [5, 5.41) is 2.66. The van der Waals surface area contributed by atoms with Crippen molar-refractivity contribution in [2.24, 2.45) is 0 Å². The van der Waals surface area contributed by atoms with E-state index in [9.17, 15) is 9.59 Å². The number of hydrogen-bond acceptors (Lipinski definition) is 5. The molecule has 5 nitrogen and oxygen atoms in total. The van der Waals surface area contributed by atoms with Crippen molar-refractivity contribution in [1.29, 1.82) is 0 Å². The molecule has 0 fully saturated rings. The Morgan fingerprint density at radius 3 is 2.48 bits per heavy atom. The number of aryl methyl sites for hydroxylation is 2. The number of thiophene rings is 1. The summed E-state index contributed by atoms with van der Waals surface area (Å²) in [5.74, 6) is -0.149. The van der Waals surface area contributed by atoms with Crippen LogP contribution in [0.15, 0.2) is 30.3 Å². The van der Waals surface area contributed by atoms with Gasteiger partial charge in [-0.05, 0) is 49.2 Å². The first-order valence-corrected chi connectivity index (χ1v) is 8.05. The van der Waals surface area contributed by atoms with Gasteiger partial charge in [0, 0.05) is 10.6 Å². The van der Waals surface area contributed by atoms with Crippen LogP contribution in [-0.2, 0) is 16.0 Å². The van der Waals surface area contributed by atoms with Crippen molar-refractivity contribution in [3.63, 3.8) is 0 Å². The van der Waals surface area contributed by atoms with Gasteiger partial charge in [-0.3, -0.25) is 4.79 Å². The van der Waals surface area contributed by atoms with Crippen molar-refractivity contribution in [2.75, 3.05) is 19.0 Å². The SMILES string of the molecule is CCc1sc(C(=O)OCC(=O)Nc2ccc(OC)cc2)cc1C. The smallest absolute Gasteiger partial charge is 0.348 e. The molecule has 0 radical (unpaired) electrons. The lowest BCUT2D eigenvalue weighted by molar-refractivity contribution is -0.119. The van der Waals surface area contributed by atoms with E-state index in [2.05, 4.69) is 5.32 Å². The number of esters is 1. The topological polar surface area (TPSA) is 64.6 Å². The van der Waals surface area contributed by atoms with Crippen molar-refractivity contribution >= 4 is 28.9 Å². The molecule has 0 aliphatic heterocycles. The Kier molecular flexibility index (Phi) is 5.76. The summed E-state index contributed by atoms with van der Waals surface area (Å²) in [5.41, 5.74) is 1.69. The molecule has 0 aliphatic carbocycles. The first-order valence-electron chi connectivity index (χ1n) is 7.23. The highest BCUT2D eigenvalue weighted by Gasteiger charge is 2.14. The molecular formula is C17H19NO4S. The summed E-state index contributed by atoms with van der Waals surface area (Å²) < 4.78 is 10.1. The number of rotatable bonds is 6. The van der Waals surface area contributed by atoms with Gasteiger partial charge in [0.15, 0.2) is 6.61 Å². The van der Waals surface area contributed by atoms with E-state index in [1.165, 1.54) is 11.3 Å². The molecule has 1 aromatic carbocycles. The van der Waals surface area contributed by atoms with Crippen molar-refractivity contribution in [3.05, 3.63) is 45.6 Å². The maximum absolute atomic E-state index is 12.0. The van der Waals surface area contributed by atoms with Crippen LogP contribution in [0, 0.1) is 6.92 Å². The number of amides is 1. The van der Waals surface area contributed by atoms with Gasteiger partial charge in [0.2, 0.25) is 0 Å². The van der Waals surface area contributed by atoms with Gasteiger partial charge in [0.25, 0.3) is 5.91 Å². The van der Waals surface area contributed by atoms with Crippen molar-refractivity contribution in [3.8, 4) is 5.75 Å². The lowest BCUT2D eigenvalue weighted by Crippen LogP contribution is -2.20. The van der Waals surface area contributed by atoms with Crippen molar-refractivity contribution in [2.45, 2.75) is 20.3 Å². The minimum Gasteiger partial charge on any atom is -0.497 e. The first-order chi connectivity index (χ1) is 11.0. The van der Waals surface area contributed by atoms with E-state index in [4.69, 9.17) is 9.47 Å². The third-order valence-electron chi connectivity index (χ3n) is 3.25. The van der Waals surface area contributed by atoms with E-state index >= 15 is 0 Å². The normalized spacial score (nSPS) is 10.2. The molecule has 1 aromatic heterocycles. The lowest BCUT2D eigenvalue weighted by Gasteiger charge is -2.06. The molecule has 6 heteroatoms. The number of carbonyl (C=O) groups is 2. The molecule has 0 atom stereocenters. The van der Waals surface area contributed by atoms with Crippen LogP contribution in [0.1, 0.15) is 27.0 Å². The second-order valence-electron chi connectivity index (χ2n) is 4.92. The third-order valence-corrected chi connectivity index (χ3v) is 4.61. The number of nitrogens with one attached hydrogen (secondary N) is 1. The summed E-state index contributed by atoms with van der Waals surface area (Å²) in [6.07, 6.45) is 0.877. The van der Waals surface area contributed by atoms with Crippen LogP contribution in [0.4, 0.5) is 5.69 Å². The molecule has 0 aliphatic rings. The zero-order valence-electron chi connectivity index (χ0n) is 13.3. The number of hydrogen-bond donors (Lipinski definition) is 1. The van der Waals surface area contributed by atoms with Gasteiger partial charge in [0.05, 0.1) is 7.11 Å². The van der Waals surface area contributed by atoms with E-state index in [1.54, 1.807) is 37.4 Å². The van der Waals surface area contributed by atoms with E-state index < -0.39 is 5.97 Å². The Balaban J connectivity index is 1.86. The average Bonchev–Trinajstić information content (AvgIpc) is 2.94. The largest absolute Gasteiger partial charge is 0.497 e. The Morgan fingerprint density at radius 1 is 1.22 bits per heavy atom. The maximum Gasteiger partial charge on any atom is 0.348 e.